The lowest BCUT2D eigenvalue weighted by Crippen LogP contribution is -2.11. The molecule has 2 nitrogen and oxygen atoms in total. The summed E-state index contributed by atoms with van der Waals surface area (Å²) in [5.41, 5.74) is 5.13. The van der Waals surface area contributed by atoms with Gasteiger partial charge < -0.3 is 9.84 Å². The second kappa shape index (κ2) is 6.06. The minimum atomic E-state index is 0.264. The molecule has 0 aliphatic carbocycles. The molecule has 1 unspecified atom stereocenters. The van der Waals surface area contributed by atoms with E-state index in [1.807, 2.05) is 0 Å². The molecule has 0 heterocycles. The van der Waals surface area contributed by atoms with E-state index in [1.54, 1.807) is 7.11 Å². The fourth-order valence-corrected chi connectivity index (χ4v) is 2.25. The van der Waals surface area contributed by atoms with Gasteiger partial charge >= 0.3 is 0 Å². The number of ether oxygens (including phenoxy) is 1. The first-order valence-corrected chi connectivity index (χ1v) is 6.29. The van der Waals surface area contributed by atoms with Crippen LogP contribution in [0.3, 0.4) is 0 Å². The van der Waals surface area contributed by atoms with Crippen molar-refractivity contribution in [3.05, 3.63) is 28.3 Å². The van der Waals surface area contributed by atoms with Crippen molar-refractivity contribution in [1.82, 2.24) is 0 Å². The van der Waals surface area contributed by atoms with E-state index in [4.69, 9.17) is 4.74 Å². The predicted octanol–water partition coefficient (Wildman–Crippen LogP) is 3.18. The maximum Gasteiger partial charge on any atom is 0.122 e. The average molecular weight is 236 g/mol. The van der Waals surface area contributed by atoms with E-state index in [0.717, 1.165) is 18.6 Å². The molecule has 0 aliphatic heterocycles. The molecule has 96 valence electrons. The molecule has 0 aromatic heterocycles. The standard InChI is InChI=1S/C15H24O2/c1-6-13(9-16)8-14-10(2)7-15(17-5)12(4)11(14)3/h7,13,16H,6,8-9H2,1-5H3. The molecule has 0 spiro atoms. The maximum atomic E-state index is 9.31. The fraction of sp³-hybridized carbons (Fsp3) is 0.600. The van der Waals surface area contributed by atoms with Crippen molar-refractivity contribution in [2.45, 2.75) is 40.5 Å². The third-order valence-electron chi connectivity index (χ3n) is 3.76. The van der Waals surface area contributed by atoms with Crippen LogP contribution < -0.4 is 4.74 Å². The summed E-state index contributed by atoms with van der Waals surface area (Å²) in [6.07, 6.45) is 1.97. The molecule has 0 radical (unpaired) electrons. The molecule has 1 rings (SSSR count). The molecule has 0 saturated carbocycles. The van der Waals surface area contributed by atoms with E-state index in [-0.39, 0.29) is 6.61 Å². The van der Waals surface area contributed by atoms with Crippen molar-refractivity contribution in [3.8, 4) is 5.75 Å². The van der Waals surface area contributed by atoms with Crippen LogP contribution in [-0.4, -0.2) is 18.8 Å². The zero-order valence-electron chi connectivity index (χ0n) is 11.6. The molecule has 0 saturated heterocycles. The van der Waals surface area contributed by atoms with Gasteiger partial charge in [-0.25, -0.2) is 0 Å². The van der Waals surface area contributed by atoms with Crippen LogP contribution in [0.15, 0.2) is 6.07 Å². The van der Waals surface area contributed by atoms with Gasteiger partial charge in [0.25, 0.3) is 0 Å². The summed E-state index contributed by atoms with van der Waals surface area (Å²) >= 11 is 0. The molecule has 1 aromatic carbocycles. The first kappa shape index (κ1) is 14.0. The summed E-state index contributed by atoms with van der Waals surface area (Å²) in [6, 6.07) is 2.10. The zero-order valence-corrected chi connectivity index (χ0v) is 11.6. The van der Waals surface area contributed by atoms with Gasteiger partial charge in [0.05, 0.1) is 7.11 Å². The predicted molar refractivity (Wildman–Crippen MR) is 71.8 cm³/mol. The first-order valence-electron chi connectivity index (χ1n) is 6.29. The van der Waals surface area contributed by atoms with E-state index in [0.29, 0.717) is 5.92 Å². The van der Waals surface area contributed by atoms with Crippen LogP contribution in [0, 0.1) is 26.7 Å². The second-order valence-electron chi connectivity index (χ2n) is 4.79. The van der Waals surface area contributed by atoms with Crippen LogP contribution in [0.25, 0.3) is 0 Å². The molecule has 1 atom stereocenters. The van der Waals surface area contributed by atoms with Gasteiger partial charge in [0.2, 0.25) is 0 Å². The van der Waals surface area contributed by atoms with Gasteiger partial charge in [-0.05, 0) is 61.4 Å². The van der Waals surface area contributed by atoms with Crippen LogP contribution in [0.2, 0.25) is 0 Å². The number of aryl methyl sites for hydroxylation is 1. The van der Waals surface area contributed by atoms with Gasteiger partial charge in [-0.1, -0.05) is 13.3 Å². The summed E-state index contributed by atoms with van der Waals surface area (Å²) in [4.78, 5) is 0. The third-order valence-corrected chi connectivity index (χ3v) is 3.76. The van der Waals surface area contributed by atoms with E-state index < -0.39 is 0 Å². The van der Waals surface area contributed by atoms with Crippen LogP contribution >= 0.6 is 0 Å². The Morgan fingerprint density at radius 3 is 2.35 bits per heavy atom. The van der Waals surface area contributed by atoms with E-state index in [2.05, 4.69) is 33.8 Å². The minimum absolute atomic E-state index is 0.264. The molecule has 1 N–H and O–H groups in total. The van der Waals surface area contributed by atoms with Gasteiger partial charge in [-0.3, -0.25) is 0 Å². The molecule has 0 bridgehead atoms. The highest BCUT2D eigenvalue weighted by atomic mass is 16.5. The smallest absolute Gasteiger partial charge is 0.122 e. The topological polar surface area (TPSA) is 29.5 Å². The van der Waals surface area contributed by atoms with Crippen molar-refractivity contribution < 1.29 is 9.84 Å². The lowest BCUT2D eigenvalue weighted by atomic mass is 9.89. The molecule has 2 heteroatoms. The Morgan fingerprint density at radius 2 is 1.88 bits per heavy atom. The molecular formula is C15H24O2. The number of methoxy groups -OCH3 is 1. The number of aliphatic hydroxyl groups excluding tert-OH is 1. The van der Waals surface area contributed by atoms with Crippen LogP contribution in [0.5, 0.6) is 5.75 Å². The second-order valence-corrected chi connectivity index (χ2v) is 4.79. The quantitative estimate of drug-likeness (QED) is 0.851. The van der Waals surface area contributed by atoms with Gasteiger partial charge in [-0.15, -0.1) is 0 Å². The van der Waals surface area contributed by atoms with Crippen molar-refractivity contribution in [1.29, 1.82) is 0 Å². The Kier molecular flexibility index (Phi) is 5.01. The Hall–Kier alpha value is -1.02. The molecule has 0 aliphatic rings. The summed E-state index contributed by atoms with van der Waals surface area (Å²) in [6.45, 7) is 8.75. The highest BCUT2D eigenvalue weighted by Gasteiger charge is 2.14. The lowest BCUT2D eigenvalue weighted by Gasteiger charge is -2.19. The molecule has 1 aromatic rings. The number of hydrogen-bond acceptors (Lipinski definition) is 2. The van der Waals surface area contributed by atoms with Gasteiger partial charge in [0.1, 0.15) is 5.75 Å². The molecular weight excluding hydrogens is 212 g/mol. The summed E-state index contributed by atoms with van der Waals surface area (Å²) in [5, 5.41) is 9.31. The first-order chi connectivity index (χ1) is 8.04. The van der Waals surface area contributed by atoms with Crippen LogP contribution in [0.1, 0.15) is 35.6 Å². The summed E-state index contributed by atoms with van der Waals surface area (Å²) in [5.74, 6) is 1.32. The minimum Gasteiger partial charge on any atom is -0.496 e. The highest BCUT2D eigenvalue weighted by molar-refractivity contribution is 5.48. The molecule has 17 heavy (non-hydrogen) atoms. The Labute approximate surface area is 105 Å². The van der Waals surface area contributed by atoms with E-state index in [9.17, 15) is 5.11 Å². The third kappa shape index (κ3) is 3.01. The Bertz CT molecular complexity index is 379. The number of rotatable bonds is 5. The monoisotopic (exact) mass is 236 g/mol. The summed E-state index contributed by atoms with van der Waals surface area (Å²) in [7, 11) is 1.71. The number of benzene rings is 1. The van der Waals surface area contributed by atoms with Crippen LogP contribution in [-0.2, 0) is 6.42 Å². The Balaban J connectivity index is 3.12. The zero-order chi connectivity index (χ0) is 13.0. The van der Waals surface area contributed by atoms with Crippen molar-refractivity contribution in [2.24, 2.45) is 5.92 Å². The van der Waals surface area contributed by atoms with Gasteiger partial charge in [0, 0.05) is 6.61 Å². The van der Waals surface area contributed by atoms with Crippen molar-refractivity contribution in [3.63, 3.8) is 0 Å². The molecule has 0 amide bonds. The number of aliphatic hydroxyl groups is 1. The van der Waals surface area contributed by atoms with Crippen LogP contribution in [0.4, 0.5) is 0 Å². The van der Waals surface area contributed by atoms with E-state index >= 15 is 0 Å². The highest BCUT2D eigenvalue weighted by Crippen LogP contribution is 2.29. The van der Waals surface area contributed by atoms with Gasteiger partial charge in [-0.2, -0.15) is 0 Å². The van der Waals surface area contributed by atoms with Crippen molar-refractivity contribution >= 4 is 0 Å². The normalized spacial score (nSPS) is 12.6. The largest absolute Gasteiger partial charge is 0.496 e. The van der Waals surface area contributed by atoms with E-state index in [1.165, 1.54) is 22.3 Å². The van der Waals surface area contributed by atoms with Gasteiger partial charge in [0.15, 0.2) is 0 Å². The SMILES string of the molecule is CCC(CO)Cc1c(C)cc(OC)c(C)c1C. The maximum absolute atomic E-state index is 9.31. The average Bonchev–Trinajstić information content (AvgIpc) is 2.34. The molecule has 0 fully saturated rings. The number of hydrogen-bond donors (Lipinski definition) is 1. The Morgan fingerprint density at radius 1 is 1.24 bits per heavy atom. The fourth-order valence-electron chi connectivity index (χ4n) is 2.25. The van der Waals surface area contributed by atoms with Crippen molar-refractivity contribution in [2.75, 3.05) is 13.7 Å². The summed E-state index contributed by atoms with van der Waals surface area (Å²) < 4.78 is 5.37. The lowest BCUT2D eigenvalue weighted by molar-refractivity contribution is 0.221.